The van der Waals surface area contributed by atoms with Gasteiger partial charge in [-0.05, 0) is 31.7 Å². The SMILES string of the molecule is CCC(C)CC(C)NC(C)c1ccc([N+](=O)[O-])cc1. The van der Waals surface area contributed by atoms with Crippen LogP contribution < -0.4 is 5.32 Å². The molecule has 1 aromatic rings. The molecule has 3 atom stereocenters. The van der Waals surface area contributed by atoms with Crippen LogP contribution in [-0.2, 0) is 0 Å². The second-order valence-corrected chi connectivity index (χ2v) is 5.39. The summed E-state index contributed by atoms with van der Waals surface area (Å²) in [6.07, 6.45) is 2.34. The molecule has 1 N–H and O–H groups in total. The van der Waals surface area contributed by atoms with Crippen molar-refractivity contribution in [1.82, 2.24) is 5.32 Å². The van der Waals surface area contributed by atoms with Crippen LogP contribution in [0, 0.1) is 16.0 Å². The van der Waals surface area contributed by atoms with Gasteiger partial charge in [0.15, 0.2) is 0 Å². The maximum Gasteiger partial charge on any atom is 0.269 e. The number of rotatable bonds is 7. The second-order valence-electron chi connectivity index (χ2n) is 5.39. The van der Waals surface area contributed by atoms with Crippen LogP contribution in [0.3, 0.4) is 0 Å². The van der Waals surface area contributed by atoms with Gasteiger partial charge in [0.25, 0.3) is 5.69 Å². The van der Waals surface area contributed by atoms with E-state index < -0.39 is 0 Å². The Hall–Kier alpha value is -1.42. The Morgan fingerprint density at radius 3 is 2.26 bits per heavy atom. The van der Waals surface area contributed by atoms with Gasteiger partial charge in [-0.1, -0.05) is 32.4 Å². The summed E-state index contributed by atoms with van der Waals surface area (Å²) in [4.78, 5) is 10.2. The number of nitro groups is 1. The third kappa shape index (κ3) is 4.99. The van der Waals surface area contributed by atoms with Crippen molar-refractivity contribution in [3.63, 3.8) is 0 Å². The molecule has 0 spiro atoms. The number of nitro benzene ring substituents is 1. The fraction of sp³-hybridized carbons (Fsp3) is 0.600. The van der Waals surface area contributed by atoms with Gasteiger partial charge < -0.3 is 5.32 Å². The average Bonchev–Trinajstić information content (AvgIpc) is 2.38. The van der Waals surface area contributed by atoms with Crippen molar-refractivity contribution in [2.24, 2.45) is 5.92 Å². The molecule has 4 nitrogen and oxygen atoms in total. The van der Waals surface area contributed by atoms with Crippen LogP contribution in [-0.4, -0.2) is 11.0 Å². The van der Waals surface area contributed by atoms with Crippen molar-refractivity contribution in [2.45, 2.75) is 52.6 Å². The molecule has 0 aliphatic heterocycles. The van der Waals surface area contributed by atoms with Gasteiger partial charge >= 0.3 is 0 Å². The number of hydrogen-bond donors (Lipinski definition) is 1. The molecule has 106 valence electrons. The summed E-state index contributed by atoms with van der Waals surface area (Å²) in [5, 5.41) is 14.1. The van der Waals surface area contributed by atoms with E-state index in [1.807, 2.05) is 12.1 Å². The highest BCUT2D eigenvalue weighted by atomic mass is 16.6. The Balaban J connectivity index is 2.57. The third-order valence-corrected chi connectivity index (χ3v) is 3.59. The quantitative estimate of drug-likeness (QED) is 0.596. The van der Waals surface area contributed by atoms with Gasteiger partial charge in [0, 0.05) is 24.2 Å². The van der Waals surface area contributed by atoms with E-state index in [1.54, 1.807) is 12.1 Å². The third-order valence-electron chi connectivity index (χ3n) is 3.59. The van der Waals surface area contributed by atoms with Crippen LogP contribution in [0.5, 0.6) is 0 Å². The van der Waals surface area contributed by atoms with Crippen LogP contribution in [0.1, 0.15) is 52.1 Å². The summed E-state index contributed by atoms with van der Waals surface area (Å²) in [5.41, 5.74) is 1.23. The van der Waals surface area contributed by atoms with E-state index in [2.05, 4.69) is 33.0 Å². The lowest BCUT2D eigenvalue weighted by Crippen LogP contribution is -2.30. The number of hydrogen-bond acceptors (Lipinski definition) is 3. The van der Waals surface area contributed by atoms with E-state index in [-0.39, 0.29) is 16.7 Å². The summed E-state index contributed by atoms with van der Waals surface area (Å²) in [7, 11) is 0. The van der Waals surface area contributed by atoms with Crippen molar-refractivity contribution < 1.29 is 4.92 Å². The Labute approximate surface area is 115 Å². The topological polar surface area (TPSA) is 55.2 Å². The van der Waals surface area contributed by atoms with Crippen LogP contribution in [0.25, 0.3) is 0 Å². The molecule has 0 radical (unpaired) electrons. The predicted molar refractivity (Wildman–Crippen MR) is 78.2 cm³/mol. The average molecular weight is 264 g/mol. The van der Waals surface area contributed by atoms with E-state index in [1.165, 1.54) is 6.42 Å². The van der Waals surface area contributed by atoms with Gasteiger partial charge in [-0.3, -0.25) is 10.1 Å². The van der Waals surface area contributed by atoms with Crippen LogP contribution in [0.4, 0.5) is 5.69 Å². The molecule has 1 aromatic carbocycles. The highest BCUT2D eigenvalue weighted by molar-refractivity contribution is 5.34. The van der Waals surface area contributed by atoms with Crippen LogP contribution >= 0.6 is 0 Å². The molecule has 0 heterocycles. The first-order valence-corrected chi connectivity index (χ1v) is 6.94. The van der Waals surface area contributed by atoms with E-state index in [0.29, 0.717) is 12.0 Å². The Kier molecular flexibility index (Phi) is 5.96. The molecular weight excluding hydrogens is 240 g/mol. The Bertz CT molecular complexity index is 403. The number of benzene rings is 1. The van der Waals surface area contributed by atoms with Gasteiger partial charge in [0.1, 0.15) is 0 Å². The van der Waals surface area contributed by atoms with Crippen molar-refractivity contribution in [3.8, 4) is 0 Å². The molecule has 19 heavy (non-hydrogen) atoms. The number of nitrogens with one attached hydrogen (secondary N) is 1. The fourth-order valence-electron chi connectivity index (χ4n) is 2.25. The van der Waals surface area contributed by atoms with Crippen molar-refractivity contribution in [1.29, 1.82) is 0 Å². The Morgan fingerprint density at radius 2 is 1.79 bits per heavy atom. The summed E-state index contributed by atoms with van der Waals surface area (Å²) in [5.74, 6) is 0.714. The lowest BCUT2D eigenvalue weighted by atomic mass is 9.99. The molecular formula is C15H24N2O2. The Morgan fingerprint density at radius 1 is 1.21 bits per heavy atom. The normalized spacial score (nSPS) is 15.8. The lowest BCUT2D eigenvalue weighted by Gasteiger charge is -2.22. The minimum Gasteiger partial charge on any atom is -0.308 e. The van der Waals surface area contributed by atoms with E-state index in [0.717, 1.165) is 12.0 Å². The lowest BCUT2D eigenvalue weighted by molar-refractivity contribution is -0.384. The van der Waals surface area contributed by atoms with Crippen LogP contribution in [0.2, 0.25) is 0 Å². The van der Waals surface area contributed by atoms with Gasteiger partial charge in [-0.15, -0.1) is 0 Å². The standard InChI is InChI=1S/C15H24N2O2/c1-5-11(2)10-12(3)16-13(4)14-6-8-15(9-7-14)17(18)19/h6-9,11-13,16H,5,10H2,1-4H3. The van der Waals surface area contributed by atoms with Gasteiger partial charge in [-0.25, -0.2) is 0 Å². The highest BCUT2D eigenvalue weighted by Crippen LogP contribution is 2.19. The minimum atomic E-state index is -0.368. The number of nitrogens with zero attached hydrogens (tertiary/aromatic N) is 1. The van der Waals surface area contributed by atoms with Gasteiger partial charge in [0.2, 0.25) is 0 Å². The van der Waals surface area contributed by atoms with Crippen molar-refractivity contribution in [2.75, 3.05) is 0 Å². The van der Waals surface area contributed by atoms with Crippen molar-refractivity contribution >= 4 is 5.69 Å². The summed E-state index contributed by atoms with van der Waals surface area (Å²) in [6, 6.07) is 7.43. The smallest absolute Gasteiger partial charge is 0.269 e. The van der Waals surface area contributed by atoms with E-state index >= 15 is 0 Å². The monoisotopic (exact) mass is 264 g/mol. The molecule has 4 heteroatoms. The molecule has 0 saturated heterocycles. The predicted octanol–water partition coefficient (Wildman–Crippen LogP) is 4.07. The van der Waals surface area contributed by atoms with Gasteiger partial charge in [0.05, 0.1) is 4.92 Å². The maximum atomic E-state index is 10.6. The molecule has 0 aliphatic rings. The zero-order chi connectivity index (χ0) is 14.4. The first kappa shape index (κ1) is 15.6. The summed E-state index contributed by atoms with van der Waals surface area (Å²) >= 11 is 0. The summed E-state index contributed by atoms with van der Waals surface area (Å²) < 4.78 is 0. The zero-order valence-corrected chi connectivity index (χ0v) is 12.2. The molecule has 0 amide bonds. The molecule has 1 rings (SSSR count). The largest absolute Gasteiger partial charge is 0.308 e. The van der Waals surface area contributed by atoms with Gasteiger partial charge in [-0.2, -0.15) is 0 Å². The second kappa shape index (κ2) is 7.24. The zero-order valence-electron chi connectivity index (χ0n) is 12.2. The first-order valence-electron chi connectivity index (χ1n) is 6.94. The minimum absolute atomic E-state index is 0.142. The molecule has 0 bridgehead atoms. The number of non-ortho nitro benzene ring substituents is 1. The molecule has 0 aliphatic carbocycles. The molecule has 0 aromatic heterocycles. The fourth-order valence-corrected chi connectivity index (χ4v) is 2.25. The van der Waals surface area contributed by atoms with E-state index in [4.69, 9.17) is 0 Å². The maximum absolute atomic E-state index is 10.6. The molecule has 0 fully saturated rings. The molecule has 0 saturated carbocycles. The summed E-state index contributed by atoms with van der Waals surface area (Å²) in [6.45, 7) is 8.74. The van der Waals surface area contributed by atoms with Crippen LogP contribution in [0.15, 0.2) is 24.3 Å². The van der Waals surface area contributed by atoms with Crippen molar-refractivity contribution in [3.05, 3.63) is 39.9 Å². The first-order chi connectivity index (χ1) is 8.93. The molecule has 3 unspecified atom stereocenters. The van der Waals surface area contributed by atoms with E-state index in [9.17, 15) is 10.1 Å². The highest BCUT2D eigenvalue weighted by Gasteiger charge is 2.13.